The molecule has 0 unspecified atom stereocenters. The number of carboxylic acid groups (broad SMARTS) is 1. The Balaban J connectivity index is 2.01. The largest absolute Gasteiger partial charge is 0.477 e. The third kappa shape index (κ3) is 3.68. The summed E-state index contributed by atoms with van der Waals surface area (Å²) < 4.78 is 28.2. The topological polar surface area (TPSA) is 114 Å². The molecule has 22 heavy (non-hydrogen) atoms. The van der Waals surface area contributed by atoms with Crippen molar-refractivity contribution in [1.82, 2.24) is 19.3 Å². The van der Waals surface area contributed by atoms with E-state index in [0.717, 1.165) is 0 Å². The predicted molar refractivity (Wildman–Crippen MR) is 78.0 cm³/mol. The summed E-state index contributed by atoms with van der Waals surface area (Å²) in [5.41, 5.74) is 0.431. The quantitative estimate of drug-likeness (QED) is 0.792. The van der Waals surface area contributed by atoms with Gasteiger partial charge in [-0.1, -0.05) is 6.07 Å². The number of pyridine rings is 1. The zero-order chi connectivity index (χ0) is 16.3. The van der Waals surface area contributed by atoms with Crippen LogP contribution in [-0.4, -0.2) is 40.6 Å². The third-order valence-electron chi connectivity index (χ3n) is 3.06. The highest BCUT2D eigenvalue weighted by molar-refractivity contribution is 7.89. The van der Waals surface area contributed by atoms with E-state index in [2.05, 4.69) is 14.7 Å². The molecule has 2 heterocycles. The van der Waals surface area contributed by atoms with Crippen LogP contribution in [0.15, 0.2) is 29.4 Å². The number of nitrogens with one attached hydrogen (secondary N) is 1. The van der Waals surface area contributed by atoms with Crippen LogP contribution in [0.3, 0.4) is 0 Å². The van der Waals surface area contributed by atoms with E-state index in [9.17, 15) is 13.2 Å². The molecule has 0 saturated carbocycles. The number of hydrogen-bond donors (Lipinski definition) is 2. The van der Waals surface area contributed by atoms with Gasteiger partial charge in [0.15, 0.2) is 5.03 Å². The number of hydrogen-bond acceptors (Lipinski definition) is 5. The minimum atomic E-state index is -3.68. The SMILES string of the molecule is Cc1nc(S(=O)(=O)NCCc2cccc(C(=O)O)n2)cn1C. The summed E-state index contributed by atoms with van der Waals surface area (Å²) in [4.78, 5) is 18.7. The van der Waals surface area contributed by atoms with Crippen molar-refractivity contribution in [3.05, 3.63) is 41.6 Å². The molecule has 0 aromatic carbocycles. The van der Waals surface area contributed by atoms with E-state index in [4.69, 9.17) is 5.11 Å². The average molecular weight is 324 g/mol. The summed E-state index contributed by atoms with van der Waals surface area (Å²) in [6.07, 6.45) is 1.72. The summed E-state index contributed by atoms with van der Waals surface area (Å²) in [7, 11) is -1.97. The number of aryl methyl sites for hydroxylation is 2. The summed E-state index contributed by atoms with van der Waals surface area (Å²) in [6, 6.07) is 4.60. The highest BCUT2D eigenvalue weighted by atomic mass is 32.2. The van der Waals surface area contributed by atoms with E-state index in [1.807, 2.05) is 0 Å². The fraction of sp³-hybridized carbons (Fsp3) is 0.308. The Morgan fingerprint density at radius 3 is 2.68 bits per heavy atom. The number of aromatic nitrogens is 3. The predicted octanol–water partition coefficient (Wildman–Crippen LogP) is 0.343. The Labute approximate surface area is 127 Å². The van der Waals surface area contributed by atoms with Crippen LogP contribution in [0.2, 0.25) is 0 Å². The summed E-state index contributed by atoms with van der Waals surface area (Å²) in [5.74, 6) is -0.525. The van der Waals surface area contributed by atoms with Crippen LogP contribution in [0, 0.1) is 6.92 Å². The molecule has 2 N–H and O–H groups in total. The monoisotopic (exact) mass is 324 g/mol. The van der Waals surface area contributed by atoms with Gasteiger partial charge >= 0.3 is 5.97 Å². The van der Waals surface area contributed by atoms with E-state index in [1.165, 1.54) is 12.3 Å². The van der Waals surface area contributed by atoms with Crippen molar-refractivity contribution in [3.63, 3.8) is 0 Å². The summed E-state index contributed by atoms with van der Waals surface area (Å²) in [5, 5.41) is 8.81. The fourth-order valence-corrected chi connectivity index (χ4v) is 2.85. The fourth-order valence-electron chi connectivity index (χ4n) is 1.78. The van der Waals surface area contributed by atoms with Gasteiger partial charge in [-0.3, -0.25) is 0 Å². The molecule has 118 valence electrons. The maximum absolute atomic E-state index is 12.1. The highest BCUT2D eigenvalue weighted by Gasteiger charge is 2.18. The Morgan fingerprint density at radius 1 is 1.36 bits per heavy atom. The van der Waals surface area contributed by atoms with Crippen LogP contribution in [-0.2, 0) is 23.5 Å². The summed E-state index contributed by atoms with van der Waals surface area (Å²) >= 11 is 0. The molecule has 0 radical (unpaired) electrons. The van der Waals surface area contributed by atoms with Crippen LogP contribution >= 0.6 is 0 Å². The van der Waals surface area contributed by atoms with Gasteiger partial charge in [0.05, 0.1) is 0 Å². The first kappa shape index (κ1) is 16.1. The summed E-state index contributed by atoms with van der Waals surface area (Å²) in [6.45, 7) is 1.81. The van der Waals surface area contributed by atoms with Gasteiger partial charge < -0.3 is 9.67 Å². The molecule has 0 aliphatic carbocycles. The molecule has 0 atom stereocenters. The Bertz CT molecular complexity index is 779. The van der Waals surface area contributed by atoms with Crippen LogP contribution in [0.4, 0.5) is 0 Å². The molecule has 0 saturated heterocycles. The maximum atomic E-state index is 12.1. The van der Waals surface area contributed by atoms with Gasteiger partial charge in [-0.05, 0) is 19.1 Å². The van der Waals surface area contributed by atoms with Crippen molar-refractivity contribution in [3.8, 4) is 0 Å². The van der Waals surface area contributed by atoms with Crippen molar-refractivity contribution >= 4 is 16.0 Å². The molecule has 2 aromatic rings. The molecule has 9 heteroatoms. The second-order valence-electron chi connectivity index (χ2n) is 4.70. The number of imidazole rings is 1. The lowest BCUT2D eigenvalue weighted by Gasteiger charge is -2.04. The maximum Gasteiger partial charge on any atom is 0.354 e. The number of nitrogens with zero attached hydrogens (tertiary/aromatic N) is 3. The van der Waals surface area contributed by atoms with Crippen molar-refractivity contribution in [1.29, 1.82) is 0 Å². The lowest BCUT2D eigenvalue weighted by atomic mass is 10.2. The molecule has 2 aromatic heterocycles. The zero-order valence-corrected chi connectivity index (χ0v) is 13.0. The van der Waals surface area contributed by atoms with Gasteiger partial charge in [-0.2, -0.15) is 0 Å². The minimum Gasteiger partial charge on any atom is -0.477 e. The van der Waals surface area contributed by atoms with Crippen molar-refractivity contribution in [2.45, 2.75) is 18.4 Å². The highest BCUT2D eigenvalue weighted by Crippen LogP contribution is 2.07. The van der Waals surface area contributed by atoms with Gasteiger partial charge in [-0.25, -0.2) is 27.9 Å². The first-order valence-corrected chi connectivity index (χ1v) is 7.97. The number of carboxylic acids is 1. The van der Waals surface area contributed by atoms with E-state index < -0.39 is 16.0 Å². The molecular weight excluding hydrogens is 308 g/mol. The van der Waals surface area contributed by atoms with E-state index in [1.54, 1.807) is 30.7 Å². The van der Waals surface area contributed by atoms with Crippen molar-refractivity contribution < 1.29 is 18.3 Å². The van der Waals surface area contributed by atoms with E-state index in [0.29, 0.717) is 11.5 Å². The molecule has 8 nitrogen and oxygen atoms in total. The van der Waals surface area contributed by atoms with Crippen molar-refractivity contribution in [2.75, 3.05) is 6.54 Å². The van der Waals surface area contributed by atoms with Gasteiger partial charge in [0.1, 0.15) is 11.5 Å². The second-order valence-corrected chi connectivity index (χ2v) is 6.42. The number of aromatic carboxylic acids is 1. The van der Waals surface area contributed by atoms with Gasteiger partial charge in [-0.15, -0.1) is 0 Å². The number of carbonyl (C=O) groups is 1. The third-order valence-corrected chi connectivity index (χ3v) is 4.39. The lowest BCUT2D eigenvalue weighted by Crippen LogP contribution is -2.26. The molecule has 0 fully saturated rings. The van der Waals surface area contributed by atoms with Crippen LogP contribution in [0.25, 0.3) is 0 Å². The normalized spacial score (nSPS) is 11.5. The molecule has 0 aliphatic rings. The second kappa shape index (κ2) is 6.24. The van der Waals surface area contributed by atoms with E-state index in [-0.39, 0.29) is 23.7 Å². The lowest BCUT2D eigenvalue weighted by molar-refractivity contribution is 0.0690. The Kier molecular flexibility index (Phi) is 4.57. The minimum absolute atomic E-state index is 0.0419. The smallest absolute Gasteiger partial charge is 0.354 e. The van der Waals surface area contributed by atoms with E-state index >= 15 is 0 Å². The van der Waals surface area contributed by atoms with Crippen LogP contribution in [0.5, 0.6) is 0 Å². The molecular formula is C13H16N4O4S. The Hall–Kier alpha value is -2.26. The standard InChI is InChI=1S/C13H16N4O4S/c1-9-15-12(8-17(9)2)22(20,21)14-7-6-10-4-3-5-11(16-10)13(18)19/h3-5,8,14H,6-7H2,1-2H3,(H,18,19). The van der Waals surface area contributed by atoms with Crippen LogP contribution < -0.4 is 4.72 Å². The molecule has 2 rings (SSSR count). The number of sulfonamides is 1. The zero-order valence-electron chi connectivity index (χ0n) is 12.1. The van der Waals surface area contributed by atoms with Gasteiger partial charge in [0.2, 0.25) is 0 Å². The number of rotatable bonds is 6. The molecule has 0 aliphatic heterocycles. The Morgan fingerprint density at radius 2 is 2.09 bits per heavy atom. The first-order valence-electron chi connectivity index (χ1n) is 6.48. The van der Waals surface area contributed by atoms with Gasteiger partial charge in [0, 0.05) is 31.9 Å². The van der Waals surface area contributed by atoms with Gasteiger partial charge in [0.25, 0.3) is 10.0 Å². The van der Waals surface area contributed by atoms with Crippen LogP contribution in [0.1, 0.15) is 22.0 Å². The average Bonchev–Trinajstić information content (AvgIpc) is 2.80. The van der Waals surface area contributed by atoms with Crippen molar-refractivity contribution in [2.24, 2.45) is 7.05 Å². The molecule has 0 spiro atoms. The molecule has 0 amide bonds. The first-order chi connectivity index (χ1) is 10.3. The molecule has 0 bridgehead atoms.